The van der Waals surface area contributed by atoms with E-state index >= 15 is 0 Å². The highest BCUT2D eigenvalue weighted by molar-refractivity contribution is 9.10. The molecule has 0 unspecified atom stereocenters. The van der Waals surface area contributed by atoms with Crippen LogP contribution in [-0.4, -0.2) is 36.0 Å². The van der Waals surface area contributed by atoms with Crippen molar-refractivity contribution in [2.24, 2.45) is 0 Å². The van der Waals surface area contributed by atoms with Gasteiger partial charge in [-0.3, -0.25) is 4.79 Å². The number of nitrogens with zero attached hydrogens (tertiary/aromatic N) is 3. The summed E-state index contributed by atoms with van der Waals surface area (Å²) in [5.74, 6) is 1.77. The zero-order valence-electron chi connectivity index (χ0n) is 11.9. The molecular formula is C13H21BrN4O. The number of rotatable bonds is 6. The van der Waals surface area contributed by atoms with Gasteiger partial charge >= 0.3 is 0 Å². The van der Waals surface area contributed by atoms with Gasteiger partial charge < -0.3 is 10.2 Å². The maximum Gasteiger partial charge on any atom is 0.239 e. The van der Waals surface area contributed by atoms with Gasteiger partial charge in [0.05, 0.1) is 6.54 Å². The van der Waals surface area contributed by atoms with Crippen LogP contribution in [0.4, 0.5) is 5.82 Å². The lowest BCUT2D eigenvalue weighted by Gasteiger charge is -2.19. The minimum absolute atomic E-state index is 0.00480. The van der Waals surface area contributed by atoms with Crippen LogP contribution in [0, 0.1) is 0 Å². The van der Waals surface area contributed by atoms with Crippen LogP contribution in [0.15, 0.2) is 10.7 Å². The Balaban J connectivity index is 2.76. The molecule has 0 spiro atoms. The first kappa shape index (κ1) is 15.9. The van der Waals surface area contributed by atoms with E-state index in [0.29, 0.717) is 13.1 Å². The van der Waals surface area contributed by atoms with Gasteiger partial charge in [-0.05, 0) is 22.4 Å². The second kappa shape index (κ2) is 7.43. The summed E-state index contributed by atoms with van der Waals surface area (Å²) in [5, 5.41) is 2.85. The number of hydrogen-bond acceptors (Lipinski definition) is 4. The van der Waals surface area contributed by atoms with E-state index in [-0.39, 0.29) is 11.8 Å². The maximum absolute atomic E-state index is 11.7. The highest BCUT2D eigenvalue weighted by Gasteiger charge is 2.12. The molecule has 0 aliphatic carbocycles. The van der Waals surface area contributed by atoms with E-state index in [4.69, 9.17) is 0 Å². The molecule has 0 radical (unpaired) electrons. The molecule has 1 aromatic rings. The standard InChI is InChI=1S/C13H21BrN4O/c1-5-6-15-12(19)8-18(4)11-7-10(14)16-13(17-11)9(2)3/h7,9H,5-6,8H2,1-4H3,(H,15,19). The van der Waals surface area contributed by atoms with Crippen molar-refractivity contribution < 1.29 is 4.79 Å². The minimum Gasteiger partial charge on any atom is -0.355 e. The van der Waals surface area contributed by atoms with Gasteiger partial charge in [-0.2, -0.15) is 0 Å². The number of carbonyl (C=O) groups excluding carboxylic acids is 1. The molecule has 0 saturated carbocycles. The second-order valence-corrected chi connectivity index (χ2v) is 5.58. The van der Waals surface area contributed by atoms with E-state index in [0.717, 1.165) is 22.7 Å². The van der Waals surface area contributed by atoms with Gasteiger partial charge in [-0.25, -0.2) is 9.97 Å². The van der Waals surface area contributed by atoms with Gasteiger partial charge in [-0.1, -0.05) is 20.8 Å². The van der Waals surface area contributed by atoms with E-state index in [9.17, 15) is 4.79 Å². The first-order chi connectivity index (χ1) is 8.93. The average molecular weight is 329 g/mol. The number of aromatic nitrogens is 2. The molecule has 5 nitrogen and oxygen atoms in total. The molecule has 1 aromatic heterocycles. The Kier molecular flexibility index (Phi) is 6.21. The fraction of sp³-hybridized carbons (Fsp3) is 0.615. The van der Waals surface area contributed by atoms with Crippen LogP contribution in [0.1, 0.15) is 38.9 Å². The van der Waals surface area contributed by atoms with E-state index in [1.807, 2.05) is 38.8 Å². The van der Waals surface area contributed by atoms with E-state index in [1.54, 1.807) is 0 Å². The van der Waals surface area contributed by atoms with Crippen LogP contribution in [-0.2, 0) is 4.79 Å². The van der Waals surface area contributed by atoms with Gasteiger partial charge in [0, 0.05) is 25.6 Å². The number of likely N-dealkylation sites (N-methyl/N-ethyl adjacent to an activating group) is 1. The van der Waals surface area contributed by atoms with Crippen molar-refractivity contribution in [2.45, 2.75) is 33.1 Å². The van der Waals surface area contributed by atoms with Crippen molar-refractivity contribution in [3.05, 3.63) is 16.5 Å². The number of halogens is 1. The summed E-state index contributed by atoms with van der Waals surface area (Å²) in [6, 6.07) is 1.82. The average Bonchev–Trinajstić information content (AvgIpc) is 2.35. The molecule has 1 N–H and O–H groups in total. The summed E-state index contributed by atoms with van der Waals surface area (Å²) in [5.41, 5.74) is 0. The van der Waals surface area contributed by atoms with Crippen LogP contribution in [0.25, 0.3) is 0 Å². The molecule has 0 fully saturated rings. The van der Waals surface area contributed by atoms with Crippen LogP contribution in [0.5, 0.6) is 0 Å². The fourth-order valence-electron chi connectivity index (χ4n) is 1.49. The van der Waals surface area contributed by atoms with E-state index in [2.05, 4.69) is 31.2 Å². The predicted molar refractivity (Wildman–Crippen MR) is 80.4 cm³/mol. The first-order valence-corrected chi connectivity index (χ1v) is 7.25. The predicted octanol–water partition coefficient (Wildman–Crippen LogP) is 2.32. The highest BCUT2D eigenvalue weighted by atomic mass is 79.9. The second-order valence-electron chi connectivity index (χ2n) is 4.77. The topological polar surface area (TPSA) is 58.1 Å². The Labute approximate surface area is 122 Å². The molecule has 0 saturated heterocycles. The smallest absolute Gasteiger partial charge is 0.239 e. The summed E-state index contributed by atoms with van der Waals surface area (Å²) >= 11 is 3.38. The van der Waals surface area contributed by atoms with Crippen molar-refractivity contribution >= 4 is 27.7 Å². The number of hydrogen-bond donors (Lipinski definition) is 1. The largest absolute Gasteiger partial charge is 0.355 e. The molecule has 106 valence electrons. The Morgan fingerprint density at radius 3 is 2.74 bits per heavy atom. The monoisotopic (exact) mass is 328 g/mol. The lowest BCUT2D eigenvalue weighted by Crippen LogP contribution is -2.36. The van der Waals surface area contributed by atoms with Gasteiger partial charge in [0.2, 0.25) is 5.91 Å². The third-order valence-electron chi connectivity index (χ3n) is 2.56. The van der Waals surface area contributed by atoms with Crippen molar-refractivity contribution in [1.29, 1.82) is 0 Å². The lowest BCUT2D eigenvalue weighted by molar-refractivity contribution is -0.119. The maximum atomic E-state index is 11.7. The van der Waals surface area contributed by atoms with Crippen LogP contribution in [0.2, 0.25) is 0 Å². The molecular weight excluding hydrogens is 308 g/mol. The van der Waals surface area contributed by atoms with Crippen molar-refractivity contribution in [3.63, 3.8) is 0 Å². The molecule has 0 aromatic carbocycles. The summed E-state index contributed by atoms with van der Waals surface area (Å²) in [6.07, 6.45) is 0.937. The number of carbonyl (C=O) groups is 1. The molecule has 6 heteroatoms. The van der Waals surface area contributed by atoms with Crippen molar-refractivity contribution in [3.8, 4) is 0 Å². The molecule has 1 amide bonds. The van der Waals surface area contributed by atoms with Gasteiger partial charge in [0.1, 0.15) is 16.2 Å². The zero-order chi connectivity index (χ0) is 14.4. The van der Waals surface area contributed by atoms with Crippen LogP contribution >= 0.6 is 15.9 Å². The Bertz CT molecular complexity index is 437. The molecule has 0 atom stereocenters. The quantitative estimate of drug-likeness (QED) is 0.814. The minimum atomic E-state index is 0.00480. The molecule has 19 heavy (non-hydrogen) atoms. The van der Waals surface area contributed by atoms with Gasteiger partial charge in [0.25, 0.3) is 0 Å². The SMILES string of the molecule is CCCNC(=O)CN(C)c1cc(Br)nc(C(C)C)n1. The summed E-state index contributed by atoms with van der Waals surface area (Å²) < 4.78 is 0.738. The fourth-order valence-corrected chi connectivity index (χ4v) is 1.88. The molecule has 0 bridgehead atoms. The summed E-state index contributed by atoms with van der Waals surface area (Å²) in [4.78, 5) is 22.3. The van der Waals surface area contributed by atoms with E-state index < -0.39 is 0 Å². The Morgan fingerprint density at radius 1 is 1.47 bits per heavy atom. The number of anilines is 1. The van der Waals surface area contributed by atoms with Crippen LogP contribution < -0.4 is 10.2 Å². The highest BCUT2D eigenvalue weighted by Crippen LogP contribution is 2.19. The molecule has 1 heterocycles. The van der Waals surface area contributed by atoms with Crippen LogP contribution in [0.3, 0.4) is 0 Å². The number of amides is 1. The van der Waals surface area contributed by atoms with E-state index in [1.165, 1.54) is 0 Å². The molecule has 1 rings (SSSR count). The Hall–Kier alpha value is -1.17. The third kappa shape index (κ3) is 5.14. The van der Waals surface area contributed by atoms with Crippen molar-refractivity contribution in [2.75, 3.05) is 25.0 Å². The zero-order valence-corrected chi connectivity index (χ0v) is 13.5. The molecule has 0 aliphatic heterocycles. The number of nitrogens with one attached hydrogen (secondary N) is 1. The van der Waals surface area contributed by atoms with Gasteiger partial charge in [-0.15, -0.1) is 0 Å². The molecule has 0 aliphatic rings. The summed E-state index contributed by atoms with van der Waals surface area (Å²) in [7, 11) is 1.85. The van der Waals surface area contributed by atoms with Gasteiger partial charge in [0.15, 0.2) is 0 Å². The first-order valence-electron chi connectivity index (χ1n) is 6.46. The normalized spacial score (nSPS) is 10.6. The van der Waals surface area contributed by atoms with Crippen molar-refractivity contribution in [1.82, 2.24) is 15.3 Å². The third-order valence-corrected chi connectivity index (χ3v) is 2.97. The Morgan fingerprint density at radius 2 is 2.16 bits per heavy atom. The summed E-state index contributed by atoms with van der Waals surface area (Å²) in [6.45, 7) is 7.11. The lowest BCUT2D eigenvalue weighted by atomic mass is 10.2.